The van der Waals surface area contributed by atoms with E-state index in [1.807, 2.05) is 35.2 Å². The van der Waals surface area contributed by atoms with Gasteiger partial charge in [0.05, 0.1) is 5.52 Å². The molecule has 0 aromatic carbocycles. The molecule has 1 aliphatic carbocycles. The predicted octanol–water partition coefficient (Wildman–Crippen LogP) is 3.52. The van der Waals surface area contributed by atoms with Crippen molar-refractivity contribution < 1.29 is 4.79 Å². The number of rotatable bonds is 4. The van der Waals surface area contributed by atoms with Crippen LogP contribution in [-0.4, -0.2) is 42.1 Å². The van der Waals surface area contributed by atoms with Crippen LogP contribution in [0.3, 0.4) is 0 Å². The van der Waals surface area contributed by atoms with Gasteiger partial charge in [0.2, 0.25) is 11.9 Å². The van der Waals surface area contributed by atoms with Crippen LogP contribution in [-0.2, 0) is 4.79 Å². The highest BCUT2D eigenvalue weighted by Gasteiger charge is 2.31. The van der Waals surface area contributed by atoms with Crippen LogP contribution in [0.25, 0.3) is 27.7 Å². The lowest BCUT2D eigenvalue weighted by atomic mass is 9.81. The maximum absolute atomic E-state index is 11.4. The Balaban J connectivity index is 1.32. The highest BCUT2D eigenvalue weighted by atomic mass is 16.1. The quantitative estimate of drug-likeness (QED) is 0.484. The van der Waals surface area contributed by atoms with Crippen LogP contribution in [0.15, 0.2) is 43.0 Å². The molecule has 0 unspecified atom stereocenters. The highest BCUT2D eigenvalue weighted by Crippen LogP contribution is 2.31. The molecule has 1 fully saturated rings. The summed E-state index contributed by atoms with van der Waals surface area (Å²) in [5.74, 6) is 0.669. The second-order valence-electron chi connectivity index (χ2n) is 8.43. The molecule has 1 aliphatic rings. The molecule has 4 heterocycles. The predicted molar refractivity (Wildman–Crippen MR) is 116 cm³/mol. The van der Waals surface area contributed by atoms with E-state index in [9.17, 15) is 4.79 Å². The molecule has 5 rings (SSSR count). The zero-order valence-electron chi connectivity index (χ0n) is 17.1. The largest absolute Gasteiger partial charge is 0.351 e. The lowest BCUT2D eigenvalue weighted by molar-refractivity contribution is -0.121. The van der Waals surface area contributed by atoms with Gasteiger partial charge in [-0.3, -0.25) is 4.79 Å². The maximum Gasteiger partial charge on any atom is 0.224 e. The zero-order chi connectivity index (χ0) is 20.7. The Morgan fingerprint density at radius 1 is 1.30 bits per heavy atom. The summed E-state index contributed by atoms with van der Waals surface area (Å²) in [5, 5.41) is 11.8. The van der Waals surface area contributed by atoms with Gasteiger partial charge in [0, 0.05) is 54.2 Å². The van der Waals surface area contributed by atoms with Gasteiger partial charge in [0.25, 0.3) is 0 Å². The number of fused-ring (bicyclic) bond motifs is 2. The second kappa shape index (κ2) is 7.12. The standard InChI is InChI=1S/C22H25N7O/c1-14(30)28-22(2)7-3-16(4-8-22)26-21-24-13-19-18(12-23-20(19)27-21)15-6-10-29-17(11-15)5-9-25-29/h5-6,9-13,16H,3-4,7-8H2,1-2H3,(H,28,30)(H2,23,24,26,27)/t16-,22-. The summed E-state index contributed by atoms with van der Waals surface area (Å²) in [5.41, 5.74) is 3.92. The normalized spacial score (nSPS) is 21.7. The van der Waals surface area contributed by atoms with Crippen LogP contribution in [0.1, 0.15) is 39.5 Å². The van der Waals surface area contributed by atoms with E-state index < -0.39 is 0 Å². The molecule has 154 valence electrons. The molecule has 0 aliphatic heterocycles. The third-order valence-electron chi connectivity index (χ3n) is 6.04. The van der Waals surface area contributed by atoms with Crippen molar-refractivity contribution >= 4 is 28.4 Å². The number of carbonyl (C=O) groups excluding carboxylic acids is 1. The molecule has 1 amide bonds. The summed E-state index contributed by atoms with van der Waals surface area (Å²) in [6.45, 7) is 3.70. The van der Waals surface area contributed by atoms with Crippen molar-refractivity contribution in [3.8, 4) is 11.1 Å². The molecule has 0 atom stereocenters. The molecule has 4 aromatic rings. The molecular weight excluding hydrogens is 378 g/mol. The summed E-state index contributed by atoms with van der Waals surface area (Å²) in [7, 11) is 0. The molecule has 0 spiro atoms. The van der Waals surface area contributed by atoms with Crippen molar-refractivity contribution in [3.63, 3.8) is 0 Å². The van der Waals surface area contributed by atoms with Crippen LogP contribution in [0.4, 0.5) is 5.95 Å². The molecule has 8 heteroatoms. The first-order valence-electron chi connectivity index (χ1n) is 10.3. The van der Waals surface area contributed by atoms with Gasteiger partial charge < -0.3 is 15.6 Å². The van der Waals surface area contributed by atoms with Gasteiger partial charge in [0.15, 0.2) is 0 Å². The third kappa shape index (κ3) is 3.49. The summed E-state index contributed by atoms with van der Waals surface area (Å²) in [6.07, 6.45) is 11.4. The second-order valence-corrected chi connectivity index (χ2v) is 8.43. The fourth-order valence-electron chi connectivity index (χ4n) is 4.44. The van der Waals surface area contributed by atoms with Crippen LogP contribution in [0.5, 0.6) is 0 Å². The lowest BCUT2D eigenvalue weighted by Crippen LogP contribution is -2.49. The Kier molecular flexibility index (Phi) is 4.42. The van der Waals surface area contributed by atoms with Crippen molar-refractivity contribution in [1.82, 2.24) is 29.9 Å². The molecule has 1 saturated carbocycles. The number of aromatic nitrogens is 5. The topological polar surface area (TPSA) is 100 Å². The smallest absolute Gasteiger partial charge is 0.224 e. The van der Waals surface area contributed by atoms with Gasteiger partial charge in [-0.2, -0.15) is 10.1 Å². The number of aromatic amines is 1. The van der Waals surface area contributed by atoms with E-state index >= 15 is 0 Å². The van der Waals surface area contributed by atoms with E-state index in [2.05, 4.69) is 43.7 Å². The maximum atomic E-state index is 11.4. The molecule has 8 nitrogen and oxygen atoms in total. The van der Waals surface area contributed by atoms with E-state index in [4.69, 9.17) is 0 Å². The number of nitrogens with zero attached hydrogens (tertiary/aromatic N) is 4. The Labute approximate surface area is 174 Å². The molecule has 4 aromatic heterocycles. The monoisotopic (exact) mass is 403 g/mol. The van der Waals surface area contributed by atoms with Gasteiger partial charge in [-0.15, -0.1) is 0 Å². The van der Waals surface area contributed by atoms with E-state index in [0.29, 0.717) is 12.0 Å². The van der Waals surface area contributed by atoms with Crippen molar-refractivity contribution in [2.45, 2.75) is 51.1 Å². The zero-order valence-corrected chi connectivity index (χ0v) is 17.1. The first-order chi connectivity index (χ1) is 14.5. The van der Waals surface area contributed by atoms with Crippen LogP contribution >= 0.6 is 0 Å². The van der Waals surface area contributed by atoms with E-state index in [1.54, 1.807) is 13.1 Å². The Morgan fingerprint density at radius 2 is 2.13 bits per heavy atom. The van der Waals surface area contributed by atoms with E-state index in [-0.39, 0.29) is 11.4 Å². The molecule has 30 heavy (non-hydrogen) atoms. The number of pyridine rings is 1. The molecule has 0 radical (unpaired) electrons. The average Bonchev–Trinajstić information content (AvgIpc) is 3.35. The summed E-state index contributed by atoms with van der Waals surface area (Å²) >= 11 is 0. The van der Waals surface area contributed by atoms with Gasteiger partial charge in [-0.25, -0.2) is 9.50 Å². The van der Waals surface area contributed by atoms with Crippen molar-refractivity contribution in [2.75, 3.05) is 5.32 Å². The van der Waals surface area contributed by atoms with Gasteiger partial charge in [-0.05, 0) is 56.4 Å². The number of hydrogen-bond donors (Lipinski definition) is 3. The Morgan fingerprint density at radius 3 is 2.93 bits per heavy atom. The number of anilines is 1. The van der Waals surface area contributed by atoms with Crippen molar-refractivity contribution in [1.29, 1.82) is 0 Å². The molecule has 0 saturated heterocycles. The Hall–Kier alpha value is -3.42. The molecular formula is C22H25N7O. The number of nitrogens with one attached hydrogen (secondary N) is 3. The Bertz CT molecular complexity index is 1220. The minimum atomic E-state index is -0.111. The number of amides is 1. The highest BCUT2D eigenvalue weighted by molar-refractivity contribution is 5.94. The van der Waals surface area contributed by atoms with Crippen molar-refractivity contribution in [2.24, 2.45) is 0 Å². The average molecular weight is 403 g/mol. The van der Waals surface area contributed by atoms with Gasteiger partial charge in [0.1, 0.15) is 5.65 Å². The third-order valence-corrected chi connectivity index (χ3v) is 6.04. The first kappa shape index (κ1) is 18.6. The van der Waals surface area contributed by atoms with E-state index in [0.717, 1.165) is 53.4 Å². The summed E-state index contributed by atoms with van der Waals surface area (Å²) in [6, 6.07) is 6.44. The fourth-order valence-corrected chi connectivity index (χ4v) is 4.44. The minimum absolute atomic E-state index is 0.0348. The van der Waals surface area contributed by atoms with Crippen LogP contribution in [0.2, 0.25) is 0 Å². The van der Waals surface area contributed by atoms with Gasteiger partial charge >= 0.3 is 0 Å². The molecule has 0 bridgehead atoms. The van der Waals surface area contributed by atoms with Crippen molar-refractivity contribution in [3.05, 3.63) is 43.0 Å². The number of H-pyrrole nitrogens is 1. The first-order valence-corrected chi connectivity index (χ1v) is 10.3. The number of carbonyl (C=O) groups is 1. The minimum Gasteiger partial charge on any atom is -0.351 e. The number of hydrogen-bond acceptors (Lipinski definition) is 5. The summed E-state index contributed by atoms with van der Waals surface area (Å²) < 4.78 is 1.85. The van der Waals surface area contributed by atoms with Gasteiger partial charge in [-0.1, -0.05) is 0 Å². The fraction of sp³-hybridized carbons (Fsp3) is 0.364. The molecule has 3 N–H and O–H groups in total. The van der Waals surface area contributed by atoms with Crippen LogP contribution < -0.4 is 10.6 Å². The SMILES string of the molecule is CC(=O)N[C@]1(C)CC[C@@H](Nc2ncc3c(-c4ccn5nccc5c4)c[nH]c3n2)CC1. The summed E-state index contributed by atoms with van der Waals surface area (Å²) in [4.78, 5) is 23.9. The van der Waals surface area contributed by atoms with Crippen LogP contribution in [0, 0.1) is 0 Å². The van der Waals surface area contributed by atoms with E-state index in [1.165, 1.54) is 0 Å². The lowest BCUT2D eigenvalue weighted by Gasteiger charge is -2.38.